The molecule has 0 radical (unpaired) electrons. The van der Waals surface area contributed by atoms with Crippen LogP contribution in [0.5, 0.6) is 5.75 Å². The minimum Gasteiger partial charge on any atom is -0.508 e. The number of carbonyl (C=O) groups excluding carboxylic acids is 1. The van der Waals surface area contributed by atoms with Crippen molar-refractivity contribution < 1.29 is 19.8 Å². The Morgan fingerprint density at radius 3 is 2.43 bits per heavy atom. The van der Waals surface area contributed by atoms with E-state index < -0.39 is 11.5 Å². The number of benzene rings is 1. The molecule has 2 atom stereocenters. The highest BCUT2D eigenvalue weighted by Gasteiger charge is 2.33. The second kappa shape index (κ2) is 6.03. The van der Waals surface area contributed by atoms with Gasteiger partial charge >= 0.3 is 5.97 Å². The van der Waals surface area contributed by atoms with Crippen LogP contribution in [-0.2, 0) is 9.63 Å². The van der Waals surface area contributed by atoms with Gasteiger partial charge in [0.2, 0.25) is 0 Å². The molecule has 1 saturated heterocycles. The summed E-state index contributed by atoms with van der Waals surface area (Å²) in [6.45, 7) is 6.29. The molecule has 1 aromatic carbocycles. The van der Waals surface area contributed by atoms with Crippen LogP contribution in [0.3, 0.4) is 0 Å². The topological polar surface area (TPSA) is 70.0 Å². The monoisotopic (exact) mass is 293 g/mol. The lowest BCUT2D eigenvalue weighted by Gasteiger charge is -2.35. The molecule has 5 nitrogen and oxygen atoms in total. The third-order valence-electron chi connectivity index (χ3n) is 3.69. The van der Waals surface area contributed by atoms with Gasteiger partial charge in [0, 0.05) is 12.5 Å². The maximum Gasteiger partial charge on any atom is 0.330 e. The number of hydrogen-bond donors (Lipinski definition) is 2. The van der Waals surface area contributed by atoms with Crippen LogP contribution in [0, 0.1) is 5.41 Å². The molecule has 0 spiro atoms. The van der Waals surface area contributed by atoms with E-state index in [-0.39, 0.29) is 17.6 Å². The molecule has 2 unspecified atom stereocenters. The molecule has 1 aliphatic heterocycles. The highest BCUT2D eigenvalue weighted by Crippen LogP contribution is 2.30. The predicted octanol–water partition coefficient (Wildman–Crippen LogP) is 2.05. The second-order valence-corrected chi connectivity index (χ2v) is 6.57. The highest BCUT2D eigenvalue weighted by atomic mass is 16.7. The summed E-state index contributed by atoms with van der Waals surface area (Å²) in [5.41, 5.74) is 0.431. The zero-order valence-corrected chi connectivity index (χ0v) is 12.7. The molecule has 2 rings (SSSR count). The number of β-amino-alcohol motifs (C(OH)–C–C–N with tert-alkyl or cyclic N) is 1. The Kier molecular flexibility index (Phi) is 4.54. The third kappa shape index (κ3) is 3.95. The summed E-state index contributed by atoms with van der Waals surface area (Å²) in [6, 6.07) is 6.88. The van der Waals surface area contributed by atoms with Gasteiger partial charge in [0.1, 0.15) is 5.75 Å². The molecule has 1 aliphatic rings. The Morgan fingerprint density at radius 1 is 1.29 bits per heavy atom. The molecule has 21 heavy (non-hydrogen) atoms. The molecule has 1 heterocycles. The van der Waals surface area contributed by atoms with E-state index in [0.29, 0.717) is 19.5 Å². The standard InChI is InChI=1S/C16H23NO4/c1-16(2,3)15(20)21-17-9-8-13(14(19)10-17)11-4-6-12(18)7-5-11/h4-7,13-14,18-19H,8-10H2,1-3H3. The van der Waals surface area contributed by atoms with Crippen LogP contribution in [0.15, 0.2) is 24.3 Å². The number of carbonyl (C=O) groups is 1. The molecule has 2 N–H and O–H groups in total. The normalized spacial score (nSPS) is 23.8. The van der Waals surface area contributed by atoms with Crippen molar-refractivity contribution in [1.82, 2.24) is 5.06 Å². The summed E-state index contributed by atoms with van der Waals surface area (Å²) in [5.74, 6) is -0.0854. The molecular weight excluding hydrogens is 270 g/mol. The number of aromatic hydroxyl groups is 1. The van der Waals surface area contributed by atoms with Gasteiger partial charge in [-0.05, 0) is 44.9 Å². The number of hydroxylamine groups is 2. The van der Waals surface area contributed by atoms with Crippen LogP contribution in [0.1, 0.15) is 38.7 Å². The Balaban J connectivity index is 1.96. The van der Waals surface area contributed by atoms with Crippen molar-refractivity contribution in [1.29, 1.82) is 0 Å². The number of aliphatic hydroxyl groups excluding tert-OH is 1. The number of rotatable bonds is 2. The summed E-state index contributed by atoms with van der Waals surface area (Å²) in [5, 5.41) is 21.1. The van der Waals surface area contributed by atoms with Crippen LogP contribution in [-0.4, -0.2) is 40.4 Å². The average Bonchev–Trinajstić information content (AvgIpc) is 2.39. The van der Waals surface area contributed by atoms with Gasteiger partial charge in [0.15, 0.2) is 0 Å². The SMILES string of the molecule is CC(C)(C)C(=O)ON1CCC(c2ccc(O)cc2)C(O)C1. The fourth-order valence-corrected chi connectivity index (χ4v) is 2.35. The van der Waals surface area contributed by atoms with E-state index in [1.807, 2.05) is 12.1 Å². The van der Waals surface area contributed by atoms with E-state index in [1.165, 1.54) is 5.06 Å². The number of aliphatic hydroxyl groups is 1. The van der Waals surface area contributed by atoms with Crippen molar-refractivity contribution >= 4 is 5.97 Å². The van der Waals surface area contributed by atoms with Crippen molar-refractivity contribution in [3.63, 3.8) is 0 Å². The predicted molar refractivity (Wildman–Crippen MR) is 78.6 cm³/mol. The molecule has 0 aromatic heterocycles. The lowest BCUT2D eigenvalue weighted by molar-refractivity contribution is -0.212. The van der Waals surface area contributed by atoms with Crippen LogP contribution in [0.2, 0.25) is 0 Å². The first kappa shape index (κ1) is 15.8. The number of phenols is 1. The summed E-state index contributed by atoms with van der Waals surface area (Å²) >= 11 is 0. The lowest BCUT2D eigenvalue weighted by atomic mass is 9.88. The largest absolute Gasteiger partial charge is 0.508 e. The van der Waals surface area contributed by atoms with Crippen molar-refractivity contribution in [3.8, 4) is 5.75 Å². The zero-order chi connectivity index (χ0) is 15.6. The molecule has 0 aliphatic carbocycles. The van der Waals surface area contributed by atoms with Gasteiger partial charge in [0.25, 0.3) is 0 Å². The third-order valence-corrected chi connectivity index (χ3v) is 3.69. The zero-order valence-electron chi connectivity index (χ0n) is 12.7. The number of piperidine rings is 1. The van der Waals surface area contributed by atoms with Crippen molar-refractivity contribution in [2.24, 2.45) is 5.41 Å². The first-order valence-corrected chi connectivity index (χ1v) is 7.21. The molecule has 1 aromatic rings. The number of hydrogen-bond acceptors (Lipinski definition) is 5. The van der Waals surface area contributed by atoms with Crippen LogP contribution in [0.4, 0.5) is 0 Å². The molecular formula is C16H23NO4. The molecule has 116 valence electrons. The summed E-state index contributed by atoms with van der Waals surface area (Å²) in [6.07, 6.45) is 0.0969. The minimum absolute atomic E-state index is 0.00445. The Labute approximate surface area is 125 Å². The van der Waals surface area contributed by atoms with Gasteiger partial charge in [-0.25, -0.2) is 4.79 Å². The molecule has 0 bridgehead atoms. The quantitative estimate of drug-likeness (QED) is 0.873. The van der Waals surface area contributed by atoms with E-state index in [2.05, 4.69) is 0 Å². The molecule has 5 heteroatoms. The summed E-state index contributed by atoms with van der Waals surface area (Å²) in [7, 11) is 0. The van der Waals surface area contributed by atoms with Gasteiger partial charge < -0.3 is 15.1 Å². The van der Waals surface area contributed by atoms with Crippen LogP contribution >= 0.6 is 0 Å². The van der Waals surface area contributed by atoms with E-state index in [9.17, 15) is 15.0 Å². The maximum atomic E-state index is 11.9. The van der Waals surface area contributed by atoms with E-state index in [0.717, 1.165) is 5.56 Å². The molecule has 0 saturated carbocycles. The second-order valence-electron chi connectivity index (χ2n) is 6.57. The van der Waals surface area contributed by atoms with Crippen molar-refractivity contribution in [3.05, 3.63) is 29.8 Å². The van der Waals surface area contributed by atoms with Crippen molar-refractivity contribution in [2.45, 2.75) is 39.2 Å². The molecule has 0 amide bonds. The maximum absolute atomic E-state index is 11.9. The Morgan fingerprint density at radius 2 is 1.90 bits per heavy atom. The lowest BCUT2D eigenvalue weighted by Crippen LogP contribution is -2.45. The van der Waals surface area contributed by atoms with Crippen molar-refractivity contribution in [2.75, 3.05) is 13.1 Å². The van der Waals surface area contributed by atoms with E-state index in [1.54, 1.807) is 32.9 Å². The van der Waals surface area contributed by atoms with Gasteiger partial charge in [-0.1, -0.05) is 12.1 Å². The minimum atomic E-state index is -0.601. The highest BCUT2D eigenvalue weighted by molar-refractivity contribution is 5.75. The fourth-order valence-electron chi connectivity index (χ4n) is 2.35. The van der Waals surface area contributed by atoms with Crippen LogP contribution < -0.4 is 0 Å². The van der Waals surface area contributed by atoms with Gasteiger partial charge in [-0.15, -0.1) is 5.06 Å². The summed E-state index contributed by atoms with van der Waals surface area (Å²) in [4.78, 5) is 17.2. The Bertz CT molecular complexity index is 492. The van der Waals surface area contributed by atoms with Gasteiger partial charge in [0.05, 0.1) is 18.1 Å². The van der Waals surface area contributed by atoms with Gasteiger partial charge in [-0.3, -0.25) is 0 Å². The first-order valence-electron chi connectivity index (χ1n) is 7.21. The summed E-state index contributed by atoms with van der Waals surface area (Å²) < 4.78 is 0. The first-order chi connectivity index (χ1) is 9.77. The number of nitrogens with zero attached hydrogens (tertiary/aromatic N) is 1. The average molecular weight is 293 g/mol. The fraction of sp³-hybridized carbons (Fsp3) is 0.562. The van der Waals surface area contributed by atoms with E-state index in [4.69, 9.17) is 4.84 Å². The smallest absolute Gasteiger partial charge is 0.330 e. The Hall–Kier alpha value is -1.59. The number of phenolic OH excluding ortho intramolecular Hbond substituents is 1. The van der Waals surface area contributed by atoms with Gasteiger partial charge in [-0.2, -0.15) is 0 Å². The molecule has 1 fully saturated rings. The van der Waals surface area contributed by atoms with E-state index >= 15 is 0 Å². The van der Waals surface area contributed by atoms with Crippen LogP contribution in [0.25, 0.3) is 0 Å².